The van der Waals surface area contributed by atoms with E-state index in [0.29, 0.717) is 5.75 Å². The van der Waals surface area contributed by atoms with E-state index >= 15 is 0 Å². The summed E-state index contributed by atoms with van der Waals surface area (Å²) in [5.41, 5.74) is 1.20. The topological polar surface area (TPSA) is 41.5 Å². The van der Waals surface area contributed by atoms with Gasteiger partial charge < -0.3 is 9.84 Å². The standard InChI is InChI=1S/C14H13ClINO2/c15-17-8-7-10-1-6-14(13(16)9-10)19-12-4-2-11(18)3-5-12/h1-6,9,17-18H,7-8H2. The van der Waals surface area contributed by atoms with Gasteiger partial charge in [-0.1, -0.05) is 6.07 Å². The van der Waals surface area contributed by atoms with Crippen LogP contribution in [-0.2, 0) is 6.42 Å². The van der Waals surface area contributed by atoms with Crippen LogP contribution in [0.2, 0.25) is 0 Å². The van der Waals surface area contributed by atoms with Crippen LogP contribution in [0, 0.1) is 3.57 Å². The zero-order valence-corrected chi connectivity index (χ0v) is 13.0. The molecule has 0 aliphatic heterocycles. The molecular weight excluding hydrogens is 377 g/mol. The van der Waals surface area contributed by atoms with Crippen LogP contribution in [0.4, 0.5) is 0 Å². The molecule has 0 aliphatic rings. The number of rotatable bonds is 5. The van der Waals surface area contributed by atoms with E-state index in [-0.39, 0.29) is 5.75 Å². The van der Waals surface area contributed by atoms with Crippen molar-refractivity contribution in [2.75, 3.05) is 6.54 Å². The minimum atomic E-state index is 0.228. The van der Waals surface area contributed by atoms with Crippen LogP contribution in [0.25, 0.3) is 0 Å². The number of phenols is 1. The molecule has 0 spiro atoms. The maximum Gasteiger partial charge on any atom is 0.140 e. The van der Waals surface area contributed by atoms with Crippen LogP contribution in [0.5, 0.6) is 17.2 Å². The maximum atomic E-state index is 9.22. The van der Waals surface area contributed by atoms with Crippen molar-refractivity contribution in [1.82, 2.24) is 4.84 Å². The van der Waals surface area contributed by atoms with Gasteiger partial charge in [0.05, 0.1) is 3.57 Å². The van der Waals surface area contributed by atoms with E-state index in [4.69, 9.17) is 16.5 Å². The molecule has 0 saturated heterocycles. The van der Waals surface area contributed by atoms with Crippen molar-refractivity contribution in [3.05, 3.63) is 51.6 Å². The van der Waals surface area contributed by atoms with E-state index in [1.54, 1.807) is 24.3 Å². The molecule has 2 N–H and O–H groups in total. The second-order valence-corrected chi connectivity index (χ2v) is 5.42. The van der Waals surface area contributed by atoms with Gasteiger partial charge in [0.1, 0.15) is 17.2 Å². The second kappa shape index (κ2) is 6.98. The maximum absolute atomic E-state index is 9.22. The Bertz CT molecular complexity index is 546. The highest BCUT2D eigenvalue weighted by Crippen LogP contribution is 2.28. The second-order valence-electron chi connectivity index (χ2n) is 3.99. The Morgan fingerprint density at radius 1 is 1.16 bits per heavy atom. The summed E-state index contributed by atoms with van der Waals surface area (Å²) >= 11 is 7.69. The smallest absolute Gasteiger partial charge is 0.140 e. The monoisotopic (exact) mass is 389 g/mol. The molecule has 3 nitrogen and oxygen atoms in total. The molecule has 0 unspecified atom stereocenters. The van der Waals surface area contributed by atoms with Gasteiger partial charge in [-0.2, -0.15) is 0 Å². The van der Waals surface area contributed by atoms with Crippen molar-refractivity contribution in [2.24, 2.45) is 0 Å². The molecule has 0 aliphatic carbocycles. The number of hydrogen-bond acceptors (Lipinski definition) is 3. The molecule has 5 heteroatoms. The highest BCUT2D eigenvalue weighted by Gasteiger charge is 2.04. The lowest BCUT2D eigenvalue weighted by Gasteiger charge is -2.09. The molecule has 0 amide bonds. The molecule has 0 atom stereocenters. The van der Waals surface area contributed by atoms with Gasteiger partial charge >= 0.3 is 0 Å². The summed E-state index contributed by atoms with van der Waals surface area (Å²) < 4.78 is 6.80. The first kappa shape index (κ1) is 14.4. The number of nitrogens with one attached hydrogen (secondary N) is 1. The Balaban J connectivity index is 2.10. The quantitative estimate of drug-likeness (QED) is 0.598. The molecule has 2 rings (SSSR count). The lowest BCUT2D eigenvalue weighted by molar-refractivity contribution is 0.463. The third-order valence-electron chi connectivity index (χ3n) is 2.57. The van der Waals surface area contributed by atoms with Gasteiger partial charge in [0.15, 0.2) is 0 Å². The molecular formula is C14H13ClINO2. The van der Waals surface area contributed by atoms with Crippen LogP contribution in [0.1, 0.15) is 5.56 Å². The van der Waals surface area contributed by atoms with E-state index in [2.05, 4.69) is 33.5 Å². The average molecular weight is 390 g/mol. The largest absolute Gasteiger partial charge is 0.508 e. The molecule has 0 saturated carbocycles. The van der Waals surface area contributed by atoms with Crippen molar-refractivity contribution in [2.45, 2.75) is 6.42 Å². The van der Waals surface area contributed by atoms with E-state index in [0.717, 1.165) is 22.3 Å². The Morgan fingerprint density at radius 2 is 1.89 bits per heavy atom. The zero-order chi connectivity index (χ0) is 13.7. The van der Waals surface area contributed by atoms with Gasteiger partial charge in [-0.25, -0.2) is 4.84 Å². The van der Waals surface area contributed by atoms with Gasteiger partial charge in [0.25, 0.3) is 0 Å². The van der Waals surface area contributed by atoms with Crippen LogP contribution in [0.3, 0.4) is 0 Å². The van der Waals surface area contributed by atoms with Gasteiger partial charge in [-0.3, -0.25) is 0 Å². The summed E-state index contributed by atoms with van der Waals surface area (Å²) in [6, 6.07) is 12.7. The van der Waals surface area contributed by atoms with Crippen molar-refractivity contribution < 1.29 is 9.84 Å². The number of benzene rings is 2. The Hall–Kier alpha value is -0.980. The van der Waals surface area contributed by atoms with Gasteiger partial charge in [-0.05, 0) is 82.8 Å². The van der Waals surface area contributed by atoms with Gasteiger partial charge in [0.2, 0.25) is 0 Å². The highest BCUT2D eigenvalue weighted by molar-refractivity contribution is 14.1. The Kier molecular flexibility index (Phi) is 5.30. The van der Waals surface area contributed by atoms with Crippen LogP contribution in [0.15, 0.2) is 42.5 Å². The Morgan fingerprint density at radius 3 is 2.53 bits per heavy atom. The van der Waals surface area contributed by atoms with Crippen LogP contribution < -0.4 is 9.57 Å². The number of ether oxygens (including phenoxy) is 1. The van der Waals surface area contributed by atoms with Crippen molar-refractivity contribution in [3.8, 4) is 17.2 Å². The molecule has 0 bridgehead atoms. The first-order chi connectivity index (χ1) is 9.19. The van der Waals surface area contributed by atoms with Crippen molar-refractivity contribution in [3.63, 3.8) is 0 Å². The first-order valence-electron chi connectivity index (χ1n) is 5.78. The molecule has 0 aromatic heterocycles. The summed E-state index contributed by atoms with van der Waals surface area (Å²) in [5, 5.41) is 9.22. The SMILES string of the molecule is Oc1ccc(Oc2ccc(CCNCl)cc2I)cc1. The molecule has 2 aromatic rings. The fourth-order valence-electron chi connectivity index (χ4n) is 1.62. The lowest BCUT2D eigenvalue weighted by Crippen LogP contribution is -2.04. The summed E-state index contributed by atoms with van der Waals surface area (Å²) in [6.07, 6.45) is 0.874. The van der Waals surface area contributed by atoms with Gasteiger partial charge in [-0.15, -0.1) is 0 Å². The van der Waals surface area contributed by atoms with E-state index < -0.39 is 0 Å². The fourth-order valence-corrected chi connectivity index (χ4v) is 2.40. The van der Waals surface area contributed by atoms with Crippen molar-refractivity contribution >= 4 is 34.4 Å². The highest BCUT2D eigenvalue weighted by atomic mass is 127. The third-order valence-corrected chi connectivity index (χ3v) is 3.60. The van der Waals surface area contributed by atoms with E-state index in [1.807, 2.05) is 12.1 Å². The number of phenolic OH excluding ortho intramolecular Hbond substituents is 1. The molecule has 0 fully saturated rings. The minimum absolute atomic E-state index is 0.228. The van der Waals surface area contributed by atoms with Crippen molar-refractivity contribution in [1.29, 1.82) is 0 Å². The zero-order valence-electron chi connectivity index (χ0n) is 10.1. The molecule has 0 radical (unpaired) electrons. The molecule has 19 heavy (non-hydrogen) atoms. The first-order valence-corrected chi connectivity index (χ1v) is 7.23. The normalized spacial score (nSPS) is 10.4. The minimum Gasteiger partial charge on any atom is -0.508 e. The summed E-state index contributed by atoms with van der Waals surface area (Å²) in [6.45, 7) is 0.732. The number of aromatic hydroxyl groups is 1. The summed E-state index contributed by atoms with van der Waals surface area (Å²) in [7, 11) is 0. The molecule has 100 valence electrons. The summed E-state index contributed by atoms with van der Waals surface area (Å²) in [4.78, 5) is 2.61. The van der Waals surface area contributed by atoms with E-state index in [9.17, 15) is 5.11 Å². The number of halogens is 2. The molecule has 0 heterocycles. The third kappa shape index (κ3) is 4.26. The van der Waals surface area contributed by atoms with Crippen LogP contribution in [-0.4, -0.2) is 11.7 Å². The lowest BCUT2D eigenvalue weighted by atomic mass is 10.1. The fraction of sp³-hybridized carbons (Fsp3) is 0.143. The van der Waals surface area contributed by atoms with Gasteiger partial charge in [0, 0.05) is 6.54 Å². The van der Waals surface area contributed by atoms with E-state index in [1.165, 1.54) is 5.56 Å². The Labute approximate surface area is 130 Å². The average Bonchev–Trinajstić information content (AvgIpc) is 2.41. The van der Waals surface area contributed by atoms with Crippen LogP contribution >= 0.6 is 34.4 Å². The molecule has 2 aromatic carbocycles. The summed E-state index contributed by atoms with van der Waals surface area (Å²) in [5.74, 6) is 1.73. The predicted molar refractivity (Wildman–Crippen MR) is 84.9 cm³/mol. The predicted octanol–water partition coefficient (Wildman–Crippen LogP) is 4.08. The number of hydrogen-bond donors (Lipinski definition) is 2.